The fourth-order valence-corrected chi connectivity index (χ4v) is 2.65. The Labute approximate surface area is 136 Å². The summed E-state index contributed by atoms with van der Waals surface area (Å²) in [5.74, 6) is 1.05. The van der Waals surface area contributed by atoms with E-state index in [9.17, 15) is 5.11 Å². The third-order valence-corrected chi connectivity index (χ3v) is 4.33. The predicted octanol–water partition coefficient (Wildman–Crippen LogP) is 4.30. The maximum atomic E-state index is 9.59. The van der Waals surface area contributed by atoms with Crippen LogP contribution in [-0.2, 0) is 0 Å². The fraction of sp³-hybridized carbons (Fsp3) is 0.125. The molecule has 1 aromatic heterocycles. The predicted molar refractivity (Wildman–Crippen MR) is 93.1 cm³/mol. The maximum absolute atomic E-state index is 9.59. The number of hydrogen-bond donors (Lipinski definition) is 2. The van der Waals surface area contributed by atoms with Crippen LogP contribution in [0.5, 0.6) is 5.75 Å². The van der Waals surface area contributed by atoms with Crippen LogP contribution in [0.3, 0.4) is 0 Å². The zero-order valence-corrected chi connectivity index (χ0v) is 13.8. The Morgan fingerprint density at radius 2 is 1.81 bits per heavy atom. The van der Waals surface area contributed by atoms with Crippen LogP contribution in [0, 0.1) is 17.4 Å². The summed E-state index contributed by atoms with van der Waals surface area (Å²) in [5.41, 5.74) is 4.23. The van der Waals surface area contributed by atoms with Crippen LogP contribution < -0.4 is 5.32 Å². The molecule has 21 heavy (non-hydrogen) atoms. The summed E-state index contributed by atoms with van der Waals surface area (Å²) in [6.07, 6.45) is 1.56. The first-order valence-electron chi connectivity index (χ1n) is 6.52. The number of anilines is 2. The van der Waals surface area contributed by atoms with Gasteiger partial charge in [0.2, 0.25) is 0 Å². The minimum Gasteiger partial charge on any atom is -0.507 e. The van der Waals surface area contributed by atoms with E-state index < -0.39 is 0 Å². The van der Waals surface area contributed by atoms with Gasteiger partial charge in [-0.25, -0.2) is 9.97 Å². The number of aromatic nitrogens is 2. The minimum absolute atomic E-state index is 0.278. The van der Waals surface area contributed by atoms with Gasteiger partial charge in [-0.1, -0.05) is 0 Å². The number of phenolic OH excluding ortho intramolecular Hbond substituents is 1. The number of halogens is 1. The van der Waals surface area contributed by atoms with Crippen molar-refractivity contribution in [2.24, 2.45) is 0 Å². The number of rotatable bonds is 2. The molecule has 3 aromatic rings. The average molecular weight is 391 g/mol. The monoisotopic (exact) mass is 391 g/mol. The summed E-state index contributed by atoms with van der Waals surface area (Å²) in [6.45, 7) is 4.15. The van der Waals surface area contributed by atoms with Crippen LogP contribution >= 0.6 is 22.6 Å². The highest BCUT2D eigenvalue weighted by Crippen LogP contribution is 2.28. The number of hydrogen-bond acceptors (Lipinski definition) is 4. The summed E-state index contributed by atoms with van der Waals surface area (Å²) < 4.78 is 0.794. The van der Waals surface area contributed by atoms with Crippen molar-refractivity contribution in [3.63, 3.8) is 0 Å². The van der Waals surface area contributed by atoms with Gasteiger partial charge in [-0.2, -0.15) is 0 Å². The van der Waals surface area contributed by atoms with Gasteiger partial charge in [-0.3, -0.25) is 0 Å². The Morgan fingerprint density at radius 3 is 2.57 bits per heavy atom. The molecule has 0 bridgehead atoms. The first kappa shape index (κ1) is 14.1. The third kappa shape index (κ3) is 2.78. The highest BCUT2D eigenvalue weighted by Gasteiger charge is 2.07. The van der Waals surface area contributed by atoms with Crippen molar-refractivity contribution in [2.45, 2.75) is 13.8 Å². The summed E-state index contributed by atoms with van der Waals surface area (Å²) in [7, 11) is 0. The average Bonchev–Trinajstić information content (AvgIpc) is 2.45. The second-order valence-electron chi connectivity index (χ2n) is 4.97. The van der Waals surface area contributed by atoms with Crippen LogP contribution in [0.15, 0.2) is 36.7 Å². The van der Waals surface area contributed by atoms with E-state index >= 15 is 0 Å². The Morgan fingerprint density at radius 1 is 1.05 bits per heavy atom. The summed E-state index contributed by atoms with van der Waals surface area (Å²) in [5, 5.41) is 13.9. The van der Waals surface area contributed by atoms with Crippen molar-refractivity contribution < 1.29 is 5.11 Å². The van der Waals surface area contributed by atoms with Crippen LogP contribution in [0.2, 0.25) is 0 Å². The lowest BCUT2D eigenvalue weighted by Gasteiger charge is -2.10. The molecule has 0 saturated heterocycles. The smallest absolute Gasteiger partial charge is 0.141 e. The molecule has 0 fully saturated rings. The lowest BCUT2D eigenvalue weighted by atomic mass is 10.1. The number of aromatic hydroxyl groups is 1. The van der Waals surface area contributed by atoms with E-state index in [0.29, 0.717) is 0 Å². The molecule has 3 rings (SSSR count). The number of nitrogens with zero attached hydrogens (tertiary/aromatic N) is 2. The molecule has 2 aromatic carbocycles. The second kappa shape index (κ2) is 5.48. The lowest BCUT2D eigenvalue weighted by molar-refractivity contribution is 0.471. The van der Waals surface area contributed by atoms with Crippen molar-refractivity contribution in [1.82, 2.24) is 9.97 Å². The van der Waals surface area contributed by atoms with Crippen molar-refractivity contribution in [1.29, 1.82) is 0 Å². The molecule has 5 heteroatoms. The summed E-state index contributed by atoms with van der Waals surface area (Å²) in [6, 6.07) is 9.54. The molecule has 1 heterocycles. The molecule has 0 unspecified atom stereocenters. The van der Waals surface area contributed by atoms with Crippen LogP contribution in [-0.4, -0.2) is 15.1 Å². The summed E-state index contributed by atoms with van der Waals surface area (Å²) >= 11 is 2.10. The first-order valence-corrected chi connectivity index (χ1v) is 7.60. The van der Waals surface area contributed by atoms with Gasteiger partial charge in [-0.15, -0.1) is 0 Å². The molecule has 0 saturated carbocycles. The maximum Gasteiger partial charge on any atom is 0.141 e. The lowest BCUT2D eigenvalue weighted by Crippen LogP contribution is -1.97. The van der Waals surface area contributed by atoms with Crippen LogP contribution in [0.1, 0.15) is 11.1 Å². The minimum atomic E-state index is 0.278. The molecular weight excluding hydrogens is 377 g/mol. The topological polar surface area (TPSA) is 58.0 Å². The Kier molecular flexibility index (Phi) is 3.67. The molecule has 4 nitrogen and oxygen atoms in total. The van der Waals surface area contributed by atoms with Gasteiger partial charge in [0.15, 0.2) is 0 Å². The van der Waals surface area contributed by atoms with Crippen LogP contribution in [0.4, 0.5) is 11.5 Å². The molecular formula is C16H14IN3O. The molecule has 106 valence electrons. The van der Waals surface area contributed by atoms with Gasteiger partial charge in [0.05, 0.1) is 9.09 Å². The molecule has 2 N–H and O–H groups in total. The SMILES string of the molecule is Cc1cc2ncnc(Nc3ccc(O)c(I)c3)c2cc1C. The molecule has 0 aliphatic rings. The van der Waals surface area contributed by atoms with Crippen molar-refractivity contribution >= 4 is 45.0 Å². The van der Waals surface area contributed by atoms with E-state index in [4.69, 9.17) is 0 Å². The van der Waals surface area contributed by atoms with E-state index in [0.717, 1.165) is 26.0 Å². The number of benzene rings is 2. The summed E-state index contributed by atoms with van der Waals surface area (Å²) in [4.78, 5) is 8.66. The van der Waals surface area contributed by atoms with Gasteiger partial charge in [0.1, 0.15) is 17.9 Å². The van der Waals surface area contributed by atoms with E-state index in [1.807, 2.05) is 12.1 Å². The standard InChI is InChI=1S/C16H14IN3O/c1-9-5-12-14(6-10(9)2)18-8-19-16(12)20-11-3-4-15(21)13(17)7-11/h3-8,21H,1-2H3,(H,18,19,20). The van der Waals surface area contributed by atoms with Gasteiger partial charge >= 0.3 is 0 Å². The third-order valence-electron chi connectivity index (χ3n) is 3.46. The number of aryl methyl sites for hydroxylation is 2. The second-order valence-corrected chi connectivity index (χ2v) is 6.13. The van der Waals surface area contributed by atoms with Gasteiger partial charge < -0.3 is 10.4 Å². The zero-order valence-electron chi connectivity index (χ0n) is 11.7. The Hall–Kier alpha value is -1.89. The van der Waals surface area contributed by atoms with E-state index in [1.54, 1.807) is 12.4 Å². The molecule has 0 spiro atoms. The van der Waals surface area contributed by atoms with E-state index in [1.165, 1.54) is 11.1 Å². The quantitative estimate of drug-likeness (QED) is 0.505. The van der Waals surface area contributed by atoms with Crippen LogP contribution in [0.25, 0.3) is 10.9 Å². The first-order chi connectivity index (χ1) is 10.0. The van der Waals surface area contributed by atoms with Crippen molar-refractivity contribution in [2.75, 3.05) is 5.32 Å². The van der Waals surface area contributed by atoms with Crippen molar-refractivity contribution in [3.8, 4) is 5.75 Å². The van der Waals surface area contributed by atoms with E-state index in [-0.39, 0.29) is 5.75 Å². The van der Waals surface area contributed by atoms with Gasteiger partial charge in [0.25, 0.3) is 0 Å². The Balaban J connectivity index is 2.07. The molecule has 0 aliphatic heterocycles. The number of nitrogens with one attached hydrogen (secondary N) is 1. The molecule has 0 aliphatic carbocycles. The molecule has 0 atom stereocenters. The number of phenols is 1. The van der Waals surface area contributed by atoms with Gasteiger partial charge in [-0.05, 0) is 77.9 Å². The highest BCUT2D eigenvalue weighted by atomic mass is 127. The fourth-order valence-electron chi connectivity index (χ4n) is 2.14. The highest BCUT2D eigenvalue weighted by molar-refractivity contribution is 14.1. The normalized spacial score (nSPS) is 10.8. The zero-order chi connectivity index (χ0) is 15.0. The molecule has 0 radical (unpaired) electrons. The largest absolute Gasteiger partial charge is 0.507 e. The van der Waals surface area contributed by atoms with E-state index in [2.05, 4.69) is 63.9 Å². The Bertz CT molecular complexity index is 833. The number of fused-ring (bicyclic) bond motifs is 1. The van der Waals surface area contributed by atoms with Crippen molar-refractivity contribution in [3.05, 3.63) is 51.4 Å². The van der Waals surface area contributed by atoms with Gasteiger partial charge in [0, 0.05) is 11.1 Å². The molecule has 0 amide bonds.